The summed E-state index contributed by atoms with van der Waals surface area (Å²) in [6, 6.07) is 5.64. The van der Waals surface area contributed by atoms with E-state index in [4.69, 9.17) is 4.42 Å². The Morgan fingerprint density at radius 1 is 0.741 bits per heavy atom. The van der Waals surface area contributed by atoms with Crippen molar-refractivity contribution in [2.24, 2.45) is 0 Å². The Morgan fingerprint density at radius 3 is 1.89 bits per heavy atom. The van der Waals surface area contributed by atoms with E-state index >= 15 is 0 Å². The van der Waals surface area contributed by atoms with Gasteiger partial charge in [0.2, 0.25) is 11.2 Å². The van der Waals surface area contributed by atoms with Crippen molar-refractivity contribution in [1.29, 1.82) is 0 Å². The Balaban J connectivity index is -0.00000115. The third kappa shape index (κ3) is 5.50. The van der Waals surface area contributed by atoms with Gasteiger partial charge in [-0.2, -0.15) is 0 Å². The fraction of sp³-hybridized carbons (Fsp3) is 0. The van der Waals surface area contributed by atoms with Crippen molar-refractivity contribution in [2.45, 2.75) is 0 Å². The predicted octanol–water partition coefficient (Wildman–Crippen LogP) is -10.00. The van der Waals surface area contributed by atoms with Gasteiger partial charge in [-0.25, -0.2) is 0 Å². The Labute approximate surface area is 191 Å². The molecule has 3 aromatic rings. The molecule has 27 heavy (non-hydrogen) atoms. The van der Waals surface area contributed by atoms with Crippen LogP contribution in [-0.2, 0) is 21.1 Å². The summed E-state index contributed by atoms with van der Waals surface area (Å²) < 4.78 is 5.35. The van der Waals surface area contributed by atoms with Crippen LogP contribution < -0.4 is 55.1 Å². The molecule has 0 unspecified atom stereocenters. The number of phenols is 4. The van der Waals surface area contributed by atoms with E-state index in [0.717, 1.165) is 24.3 Å². The monoisotopic (exact) mass is 637 g/mol. The molecule has 0 saturated heterocycles. The van der Waals surface area contributed by atoms with E-state index in [0.29, 0.717) is 0 Å². The number of benzene rings is 2. The molecule has 3 rings (SSSR count). The summed E-state index contributed by atoms with van der Waals surface area (Å²) in [6.07, 6.45) is 0. The van der Waals surface area contributed by atoms with Gasteiger partial charge in [0.1, 0.15) is 22.5 Å². The van der Waals surface area contributed by atoms with Crippen molar-refractivity contribution in [3.05, 3.63) is 40.6 Å². The van der Waals surface area contributed by atoms with E-state index in [1.165, 1.54) is 6.07 Å². The fourth-order valence-electron chi connectivity index (χ4n) is 2.14. The van der Waals surface area contributed by atoms with Crippen LogP contribution >= 0.6 is 0 Å². The second-order valence-electron chi connectivity index (χ2n) is 4.65. The maximum atomic E-state index is 12.1. The van der Waals surface area contributed by atoms with Crippen LogP contribution in [0.2, 0.25) is 0 Å². The van der Waals surface area contributed by atoms with Gasteiger partial charge in [-0.1, -0.05) is 0 Å². The molecule has 0 radical (unpaired) electrons. The van der Waals surface area contributed by atoms with Gasteiger partial charge < -0.3 is 79.6 Å². The molecule has 0 fully saturated rings. The molecule has 0 aliphatic rings. The van der Waals surface area contributed by atoms with Crippen LogP contribution in [0.4, 0.5) is 0 Å². The first kappa shape index (κ1) is 30.2. The van der Waals surface area contributed by atoms with Crippen LogP contribution in [0, 0.1) is 0 Å². The zero-order valence-electron chi connectivity index (χ0n) is 12.8. The quantitative estimate of drug-likeness (QED) is 0.167. The average molecular weight is 639 g/mol. The zero-order chi connectivity index (χ0) is 16.0. The summed E-state index contributed by atoms with van der Waals surface area (Å²) in [5.74, 6) is -2.71. The van der Waals surface area contributed by atoms with Gasteiger partial charge in [-0.15, -0.1) is 0 Å². The summed E-state index contributed by atoms with van der Waals surface area (Å²) in [7, 11) is 0. The summed E-state index contributed by atoms with van der Waals surface area (Å²) in [5.41, 5.74) is -0.890. The second-order valence-corrected chi connectivity index (χ2v) is 4.65. The third-order valence-electron chi connectivity index (χ3n) is 3.17. The summed E-state index contributed by atoms with van der Waals surface area (Å²) in [6.45, 7) is 0. The molecule has 150 valence electrons. The number of phenolic OH excluding ortho intramolecular Hbond substituents is 4. The van der Waals surface area contributed by atoms with E-state index < -0.39 is 22.7 Å². The van der Waals surface area contributed by atoms with E-state index in [2.05, 4.69) is 0 Å². The molecule has 0 spiro atoms. The molecule has 2 aromatic carbocycles. The summed E-state index contributed by atoms with van der Waals surface area (Å²) in [4.78, 5) is 12.1. The van der Waals surface area contributed by atoms with Crippen molar-refractivity contribution in [1.82, 2.24) is 0 Å². The standard InChI is InChI=1S/C15H10O7.4ClH.Pt/c16-7-4-10(19)12-11(5-7)22-15(14(21)13(12)20)6-1-2-8(17)9(18)3-6;;;;;/h1-5,16-19,21H;4*1H;/q;;;;;+4/p-4. The molecule has 1 aromatic heterocycles. The van der Waals surface area contributed by atoms with E-state index in [-0.39, 0.29) is 104 Å². The smallest absolute Gasteiger partial charge is 1.00 e. The first-order chi connectivity index (χ1) is 10.4. The van der Waals surface area contributed by atoms with Crippen molar-refractivity contribution < 1.29 is 101 Å². The molecule has 0 aliphatic heterocycles. The topological polar surface area (TPSA) is 131 Å². The molecule has 0 saturated carbocycles. The minimum Gasteiger partial charge on any atom is -1.00 e. The minimum atomic E-state index is -0.888. The van der Waals surface area contributed by atoms with Crippen molar-refractivity contribution in [3.63, 3.8) is 0 Å². The number of fused-ring (bicyclic) bond motifs is 1. The van der Waals surface area contributed by atoms with Gasteiger partial charge in [0, 0.05) is 17.7 Å². The van der Waals surface area contributed by atoms with Gasteiger partial charge in [0.15, 0.2) is 17.3 Å². The Hall–Kier alpha value is -1.50. The first-order valence-corrected chi connectivity index (χ1v) is 6.12. The minimum absolute atomic E-state index is 0. The van der Waals surface area contributed by atoms with Crippen molar-refractivity contribution in [2.75, 3.05) is 0 Å². The molecule has 0 aliphatic carbocycles. The van der Waals surface area contributed by atoms with Gasteiger partial charge in [0.05, 0.1) is 0 Å². The number of hydrogen-bond donors (Lipinski definition) is 5. The summed E-state index contributed by atoms with van der Waals surface area (Å²) in [5, 5.41) is 47.6. The Bertz CT molecular complexity index is 979. The second kappa shape index (κ2) is 11.4. The number of aromatic hydroxyl groups is 5. The number of hydrogen-bond acceptors (Lipinski definition) is 7. The molecule has 7 nitrogen and oxygen atoms in total. The molecule has 0 bridgehead atoms. The van der Waals surface area contributed by atoms with E-state index in [1.54, 1.807) is 0 Å². The van der Waals surface area contributed by atoms with Crippen LogP contribution in [0.1, 0.15) is 0 Å². The van der Waals surface area contributed by atoms with Crippen molar-refractivity contribution >= 4 is 11.0 Å². The predicted molar refractivity (Wildman–Crippen MR) is 76.2 cm³/mol. The van der Waals surface area contributed by atoms with Crippen LogP contribution in [0.5, 0.6) is 28.7 Å². The maximum absolute atomic E-state index is 12.1. The largest absolute Gasteiger partial charge is 4.00 e. The first-order valence-electron chi connectivity index (χ1n) is 6.12. The number of halogens is 4. The van der Waals surface area contributed by atoms with Gasteiger partial charge >= 0.3 is 21.1 Å². The van der Waals surface area contributed by atoms with Crippen LogP contribution in [0.3, 0.4) is 0 Å². The molecular formula is C15H10Cl4O7Pt. The maximum Gasteiger partial charge on any atom is 4.00 e. The Morgan fingerprint density at radius 2 is 1.33 bits per heavy atom. The van der Waals surface area contributed by atoms with E-state index in [1.807, 2.05) is 0 Å². The normalized spacial score (nSPS) is 8.89. The zero-order valence-corrected chi connectivity index (χ0v) is 18.1. The Kier molecular flexibility index (Phi) is 12.7. The van der Waals surface area contributed by atoms with Crippen LogP contribution in [0.15, 0.2) is 39.5 Å². The van der Waals surface area contributed by atoms with Gasteiger partial charge in [-0.05, 0) is 18.2 Å². The van der Waals surface area contributed by atoms with Crippen LogP contribution in [-0.4, -0.2) is 25.5 Å². The van der Waals surface area contributed by atoms with Gasteiger partial charge in [0.25, 0.3) is 0 Å². The summed E-state index contributed by atoms with van der Waals surface area (Å²) >= 11 is 0. The molecule has 5 N–H and O–H groups in total. The van der Waals surface area contributed by atoms with E-state index in [9.17, 15) is 30.3 Å². The number of rotatable bonds is 1. The molecule has 0 atom stereocenters. The third-order valence-corrected chi connectivity index (χ3v) is 3.17. The fourth-order valence-corrected chi connectivity index (χ4v) is 2.14. The van der Waals surface area contributed by atoms with Gasteiger partial charge in [-0.3, -0.25) is 4.79 Å². The molecule has 1 heterocycles. The SMILES string of the molecule is O=c1c(O)c(-c2ccc(O)c(O)c2)oc2cc(O)cc(O)c12.[Cl-].[Cl-].[Cl-].[Cl-].[Pt+4]. The van der Waals surface area contributed by atoms with Crippen molar-refractivity contribution in [3.8, 4) is 40.1 Å². The molecular weight excluding hydrogens is 629 g/mol. The van der Waals surface area contributed by atoms with Crippen LogP contribution in [0.25, 0.3) is 22.3 Å². The average Bonchev–Trinajstić information content (AvgIpc) is 2.45. The molecule has 12 heteroatoms. The molecule has 0 amide bonds.